The van der Waals surface area contributed by atoms with Gasteiger partial charge >= 0.3 is 0 Å². The average molecular weight is 367 g/mol. The van der Waals surface area contributed by atoms with Gasteiger partial charge in [-0.2, -0.15) is 0 Å². The fourth-order valence-electron chi connectivity index (χ4n) is 2.49. The van der Waals surface area contributed by atoms with Crippen molar-refractivity contribution >= 4 is 33.0 Å². The molecule has 0 bridgehead atoms. The highest BCUT2D eigenvalue weighted by atomic mass is 32.2. The van der Waals surface area contributed by atoms with Gasteiger partial charge in [0.2, 0.25) is 0 Å². The van der Waals surface area contributed by atoms with E-state index >= 15 is 0 Å². The topological polar surface area (TPSA) is 66.5 Å². The molecule has 2 aromatic rings. The SMILES string of the molecule is CCN(CC)C(=O)c1cccc(NS(=O)(=O)c2cc(C)sc2C)c1. The van der Waals surface area contributed by atoms with Crippen molar-refractivity contribution in [1.82, 2.24) is 4.90 Å². The van der Waals surface area contributed by atoms with Crippen molar-refractivity contribution in [2.24, 2.45) is 0 Å². The maximum absolute atomic E-state index is 12.6. The molecule has 0 aliphatic carbocycles. The lowest BCUT2D eigenvalue weighted by Crippen LogP contribution is -2.30. The van der Waals surface area contributed by atoms with Gasteiger partial charge in [-0.25, -0.2) is 8.42 Å². The largest absolute Gasteiger partial charge is 0.339 e. The van der Waals surface area contributed by atoms with Gasteiger partial charge in [0.05, 0.1) is 0 Å². The number of sulfonamides is 1. The van der Waals surface area contributed by atoms with E-state index < -0.39 is 10.0 Å². The molecule has 0 saturated heterocycles. The van der Waals surface area contributed by atoms with Crippen molar-refractivity contribution in [2.75, 3.05) is 17.8 Å². The number of carbonyl (C=O) groups is 1. The zero-order chi connectivity index (χ0) is 17.9. The number of hydrogen-bond acceptors (Lipinski definition) is 4. The number of rotatable bonds is 6. The second-order valence-electron chi connectivity index (χ2n) is 5.44. The van der Waals surface area contributed by atoms with Crippen LogP contribution in [-0.2, 0) is 10.0 Å². The van der Waals surface area contributed by atoms with Crippen LogP contribution in [-0.4, -0.2) is 32.3 Å². The molecule has 2 rings (SSSR count). The number of nitrogens with zero attached hydrogens (tertiary/aromatic N) is 1. The monoisotopic (exact) mass is 366 g/mol. The molecular weight excluding hydrogens is 344 g/mol. The molecule has 0 spiro atoms. The summed E-state index contributed by atoms with van der Waals surface area (Å²) in [5.41, 5.74) is 0.855. The third-order valence-corrected chi connectivity index (χ3v) is 6.30. The molecule has 5 nitrogen and oxygen atoms in total. The van der Waals surface area contributed by atoms with E-state index in [0.717, 1.165) is 9.75 Å². The van der Waals surface area contributed by atoms with Crippen molar-refractivity contribution in [1.29, 1.82) is 0 Å². The van der Waals surface area contributed by atoms with Crippen LogP contribution in [0.3, 0.4) is 0 Å². The van der Waals surface area contributed by atoms with Crippen LogP contribution < -0.4 is 4.72 Å². The highest BCUT2D eigenvalue weighted by molar-refractivity contribution is 7.93. The van der Waals surface area contributed by atoms with Crippen LogP contribution in [0.15, 0.2) is 35.2 Å². The number of hydrogen-bond donors (Lipinski definition) is 1. The smallest absolute Gasteiger partial charge is 0.262 e. The Morgan fingerprint density at radius 1 is 1.17 bits per heavy atom. The summed E-state index contributed by atoms with van der Waals surface area (Å²) in [6, 6.07) is 8.25. The van der Waals surface area contributed by atoms with Crippen LogP contribution in [0, 0.1) is 13.8 Å². The third kappa shape index (κ3) is 3.96. The zero-order valence-corrected chi connectivity index (χ0v) is 15.9. The van der Waals surface area contributed by atoms with Crippen molar-refractivity contribution < 1.29 is 13.2 Å². The fraction of sp³-hybridized carbons (Fsp3) is 0.353. The summed E-state index contributed by atoms with van der Waals surface area (Å²) in [7, 11) is -3.66. The summed E-state index contributed by atoms with van der Waals surface area (Å²) in [6.45, 7) is 8.70. The third-order valence-electron chi connectivity index (χ3n) is 3.70. The summed E-state index contributed by atoms with van der Waals surface area (Å²) in [5.74, 6) is -0.108. The Morgan fingerprint density at radius 2 is 1.83 bits per heavy atom. The molecule has 1 N–H and O–H groups in total. The van der Waals surface area contributed by atoms with Crippen LogP contribution in [0.2, 0.25) is 0 Å². The molecule has 7 heteroatoms. The number of amides is 1. The minimum atomic E-state index is -3.66. The molecule has 0 aliphatic rings. The van der Waals surface area contributed by atoms with Gasteiger partial charge in [-0.1, -0.05) is 6.07 Å². The first-order valence-electron chi connectivity index (χ1n) is 7.77. The van der Waals surface area contributed by atoms with Gasteiger partial charge in [-0.05, 0) is 52.0 Å². The Labute approximate surface area is 147 Å². The van der Waals surface area contributed by atoms with Crippen LogP contribution in [0.1, 0.15) is 34.0 Å². The number of thiophene rings is 1. The number of aryl methyl sites for hydroxylation is 2. The summed E-state index contributed by atoms with van der Waals surface area (Å²) in [4.78, 5) is 16.1. The first-order valence-corrected chi connectivity index (χ1v) is 10.1. The molecule has 1 aromatic carbocycles. The van der Waals surface area contributed by atoms with Gasteiger partial charge in [0.15, 0.2) is 0 Å². The molecule has 0 atom stereocenters. The molecule has 0 fully saturated rings. The summed E-state index contributed by atoms with van der Waals surface area (Å²) < 4.78 is 27.7. The van der Waals surface area contributed by atoms with Gasteiger partial charge in [0.25, 0.3) is 15.9 Å². The summed E-state index contributed by atoms with van der Waals surface area (Å²) >= 11 is 1.44. The van der Waals surface area contributed by atoms with Gasteiger partial charge in [-0.3, -0.25) is 9.52 Å². The second-order valence-corrected chi connectivity index (χ2v) is 8.55. The van der Waals surface area contributed by atoms with E-state index in [4.69, 9.17) is 0 Å². The van der Waals surface area contributed by atoms with Crippen molar-refractivity contribution in [2.45, 2.75) is 32.6 Å². The molecule has 1 aromatic heterocycles. The van der Waals surface area contributed by atoms with Crippen LogP contribution in [0.5, 0.6) is 0 Å². The van der Waals surface area contributed by atoms with Crippen molar-refractivity contribution in [3.05, 3.63) is 45.6 Å². The first-order chi connectivity index (χ1) is 11.3. The van der Waals surface area contributed by atoms with E-state index in [9.17, 15) is 13.2 Å². The Morgan fingerprint density at radius 3 is 2.38 bits per heavy atom. The second kappa shape index (κ2) is 7.36. The molecule has 0 saturated carbocycles. The van der Waals surface area contributed by atoms with Gasteiger partial charge in [0, 0.05) is 34.1 Å². The Hall–Kier alpha value is -1.86. The van der Waals surface area contributed by atoms with Gasteiger partial charge < -0.3 is 4.90 Å². The lowest BCUT2D eigenvalue weighted by Gasteiger charge is -2.19. The quantitative estimate of drug-likeness (QED) is 0.849. The predicted octanol–water partition coefficient (Wildman–Crippen LogP) is 3.65. The number of nitrogens with one attached hydrogen (secondary N) is 1. The Kier molecular flexibility index (Phi) is 5.66. The van der Waals surface area contributed by atoms with E-state index in [1.165, 1.54) is 11.3 Å². The molecule has 0 unspecified atom stereocenters. The van der Waals surface area contributed by atoms with Crippen molar-refractivity contribution in [3.63, 3.8) is 0 Å². The van der Waals surface area contributed by atoms with E-state index in [-0.39, 0.29) is 10.8 Å². The lowest BCUT2D eigenvalue weighted by atomic mass is 10.2. The van der Waals surface area contributed by atoms with E-state index in [0.29, 0.717) is 24.3 Å². The molecule has 0 radical (unpaired) electrons. The average Bonchev–Trinajstić information content (AvgIpc) is 2.88. The first kappa shape index (κ1) is 18.5. The number of anilines is 1. The maximum atomic E-state index is 12.6. The maximum Gasteiger partial charge on any atom is 0.262 e. The van der Waals surface area contributed by atoms with Crippen LogP contribution in [0.4, 0.5) is 5.69 Å². The standard InChI is InChI=1S/C17H22N2O3S2/c1-5-19(6-2)17(20)14-8-7-9-15(11-14)18-24(21,22)16-10-12(3)23-13(16)4/h7-11,18H,5-6H2,1-4H3. The predicted molar refractivity (Wildman–Crippen MR) is 98.3 cm³/mol. The van der Waals surface area contributed by atoms with Crippen LogP contribution >= 0.6 is 11.3 Å². The number of carbonyl (C=O) groups excluding carboxylic acids is 1. The minimum Gasteiger partial charge on any atom is -0.339 e. The Balaban J connectivity index is 2.29. The molecule has 0 aliphatic heterocycles. The lowest BCUT2D eigenvalue weighted by molar-refractivity contribution is 0.0773. The summed E-state index contributed by atoms with van der Waals surface area (Å²) in [6.07, 6.45) is 0. The van der Waals surface area contributed by atoms with E-state index in [1.54, 1.807) is 42.2 Å². The number of benzene rings is 1. The van der Waals surface area contributed by atoms with E-state index in [1.807, 2.05) is 20.8 Å². The fourth-order valence-corrected chi connectivity index (χ4v) is 5.10. The molecule has 24 heavy (non-hydrogen) atoms. The van der Waals surface area contributed by atoms with E-state index in [2.05, 4.69) is 4.72 Å². The van der Waals surface area contributed by atoms with Crippen molar-refractivity contribution in [3.8, 4) is 0 Å². The molecule has 1 amide bonds. The minimum absolute atomic E-state index is 0.108. The molecule has 130 valence electrons. The summed E-state index contributed by atoms with van der Waals surface area (Å²) in [5, 5.41) is 0. The van der Waals surface area contributed by atoms with Gasteiger partial charge in [-0.15, -0.1) is 11.3 Å². The highest BCUT2D eigenvalue weighted by Crippen LogP contribution is 2.27. The van der Waals surface area contributed by atoms with Gasteiger partial charge in [0.1, 0.15) is 4.90 Å². The zero-order valence-electron chi connectivity index (χ0n) is 14.3. The highest BCUT2D eigenvalue weighted by Gasteiger charge is 2.20. The van der Waals surface area contributed by atoms with Crippen LogP contribution in [0.25, 0.3) is 0 Å². The Bertz CT molecular complexity index is 837. The molecule has 1 heterocycles. The molecular formula is C17H22N2O3S2. The normalized spacial score (nSPS) is 11.3.